The van der Waals surface area contributed by atoms with Crippen LogP contribution in [0.1, 0.15) is 30.1 Å². The lowest BCUT2D eigenvalue weighted by molar-refractivity contribution is 0.496. The van der Waals surface area contributed by atoms with E-state index in [9.17, 15) is 0 Å². The molecule has 0 aliphatic heterocycles. The lowest BCUT2D eigenvalue weighted by atomic mass is 10.0. The average molecular weight is 235 g/mol. The number of aromatic nitrogens is 4. The Balaban J connectivity index is 2.15. The molecule has 0 spiro atoms. The zero-order chi connectivity index (χ0) is 12.3. The molecule has 0 saturated carbocycles. The number of likely N-dealkylation sites (N-methyl/N-ethyl adjacent to an activating group) is 1. The summed E-state index contributed by atoms with van der Waals surface area (Å²) in [6, 6.07) is 2.15. The standard InChI is InChI=1S/C11H17N5O/c1-4-12-10(9-5-6-17-8(9)2)7-11-13-15-16(3)14-11/h5-6,10,12H,4,7H2,1-3H3. The van der Waals surface area contributed by atoms with Gasteiger partial charge in [0.25, 0.3) is 0 Å². The first-order chi connectivity index (χ1) is 8.20. The Morgan fingerprint density at radius 1 is 1.53 bits per heavy atom. The maximum Gasteiger partial charge on any atom is 0.176 e. The van der Waals surface area contributed by atoms with Crippen molar-refractivity contribution in [3.05, 3.63) is 29.5 Å². The number of tetrazole rings is 1. The van der Waals surface area contributed by atoms with E-state index in [1.54, 1.807) is 13.3 Å². The van der Waals surface area contributed by atoms with Gasteiger partial charge in [-0.15, -0.1) is 10.2 Å². The van der Waals surface area contributed by atoms with Gasteiger partial charge < -0.3 is 9.73 Å². The van der Waals surface area contributed by atoms with Crippen molar-refractivity contribution in [2.75, 3.05) is 6.54 Å². The quantitative estimate of drug-likeness (QED) is 0.837. The van der Waals surface area contributed by atoms with Crippen molar-refractivity contribution < 1.29 is 4.42 Å². The number of aryl methyl sites for hydroxylation is 2. The second-order valence-corrected chi connectivity index (χ2v) is 3.94. The molecule has 6 heteroatoms. The van der Waals surface area contributed by atoms with E-state index in [1.807, 2.05) is 13.0 Å². The van der Waals surface area contributed by atoms with Gasteiger partial charge >= 0.3 is 0 Å². The summed E-state index contributed by atoms with van der Waals surface area (Å²) in [4.78, 5) is 1.47. The number of nitrogens with zero attached hydrogens (tertiary/aromatic N) is 4. The van der Waals surface area contributed by atoms with Crippen molar-refractivity contribution in [3.8, 4) is 0 Å². The molecule has 0 radical (unpaired) electrons. The molecule has 92 valence electrons. The van der Waals surface area contributed by atoms with E-state index in [0.717, 1.165) is 23.7 Å². The summed E-state index contributed by atoms with van der Waals surface area (Å²) in [5.74, 6) is 1.67. The molecule has 2 rings (SSSR count). The molecule has 0 fully saturated rings. The highest BCUT2D eigenvalue weighted by molar-refractivity contribution is 5.21. The van der Waals surface area contributed by atoms with E-state index in [0.29, 0.717) is 6.42 Å². The van der Waals surface area contributed by atoms with Gasteiger partial charge in [-0.2, -0.15) is 4.80 Å². The molecule has 1 atom stereocenters. The first-order valence-corrected chi connectivity index (χ1v) is 5.71. The molecule has 0 aliphatic rings. The number of rotatable bonds is 5. The second-order valence-electron chi connectivity index (χ2n) is 3.94. The monoisotopic (exact) mass is 235 g/mol. The minimum atomic E-state index is 0.169. The zero-order valence-corrected chi connectivity index (χ0v) is 10.3. The molecule has 2 aromatic rings. The summed E-state index contributed by atoms with van der Waals surface area (Å²) in [6.45, 7) is 4.92. The van der Waals surface area contributed by atoms with Gasteiger partial charge in [-0.3, -0.25) is 0 Å². The predicted octanol–water partition coefficient (Wildman–Crippen LogP) is 1.00. The fraction of sp³-hybridized carbons (Fsp3) is 0.545. The fourth-order valence-corrected chi connectivity index (χ4v) is 1.88. The third-order valence-electron chi connectivity index (χ3n) is 2.66. The Morgan fingerprint density at radius 2 is 2.35 bits per heavy atom. The average Bonchev–Trinajstić information content (AvgIpc) is 2.87. The van der Waals surface area contributed by atoms with Crippen LogP contribution in [0.3, 0.4) is 0 Å². The van der Waals surface area contributed by atoms with Gasteiger partial charge in [0.1, 0.15) is 5.76 Å². The van der Waals surface area contributed by atoms with Gasteiger partial charge in [0, 0.05) is 18.0 Å². The van der Waals surface area contributed by atoms with Crippen LogP contribution in [-0.2, 0) is 13.5 Å². The molecule has 2 heterocycles. The number of hydrogen-bond donors (Lipinski definition) is 1. The highest BCUT2D eigenvalue weighted by atomic mass is 16.3. The summed E-state index contributed by atoms with van der Waals surface area (Å²) in [6.07, 6.45) is 2.42. The first-order valence-electron chi connectivity index (χ1n) is 5.71. The molecular formula is C11H17N5O. The van der Waals surface area contributed by atoms with Crippen LogP contribution in [-0.4, -0.2) is 26.8 Å². The predicted molar refractivity (Wildman–Crippen MR) is 62.4 cm³/mol. The maximum atomic E-state index is 5.33. The molecule has 0 aliphatic carbocycles. The van der Waals surface area contributed by atoms with Gasteiger partial charge in [0.05, 0.1) is 13.3 Å². The molecule has 0 saturated heterocycles. The van der Waals surface area contributed by atoms with Crippen LogP contribution in [0.15, 0.2) is 16.7 Å². The normalized spacial score (nSPS) is 12.9. The third-order valence-corrected chi connectivity index (χ3v) is 2.66. The Bertz CT molecular complexity index is 476. The smallest absolute Gasteiger partial charge is 0.176 e. The van der Waals surface area contributed by atoms with E-state index in [4.69, 9.17) is 4.42 Å². The van der Waals surface area contributed by atoms with Gasteiger partial charge in [-0.1, -0.05) is 6.92 Å². The van der Waals surface area contributed by atoms with Crippen molar-refractivity contribution in [1.82, 2.24) is 25.5 Å². The Morgan fingerprint density at radius 3 is 2.88 bits per heavy atom. The fourth-order valence-electron chi connectivity index (χ4n) is 1.88. The van der Waals surface area contributed by atoms with Crippen molar-refractivity contribution in [2.24, 2.45) is 7.05 Å². The number of hydrogen-bond acceptors (Lipinski definition) is 5. The lowest BCUT2D eigenvalue weighted by Crippen LogP contribution is -2.23. The summed E-state index contributed by atoms with van der Waals surface area (Å²) in [5.41, 5.74) is 1.15. The SMILES string of the molecule is CCNC(Cc1nnn(C)n1)c1ccoc1C. The highest BCUT2D eigenvalue weighted by Crippen LogP contribution is 2.21. The summed E-state index contributed by atoms with van der Waals surface area (Å²) < 4.78 is 5.33. The first kappa shape index (κ1) is 11.8. The molecule has 1 unspecified atom stereocenters. The van der Waals surface area contributed by atoms with Crippen molar-refractivity contribution in [2.45, 2.75) is 26.3 Å². The summed E-state index contributed by atoms with van der Waals surface area (Å²) >= 11 is 0. The van der Waals surface area contributed by atoms with Gasteiger partial charge in [-0.25, -0.2) is 0 Å². The van der Waals surface area contributed by atoms with Crippen molar-refractivity contribution >= 4 is 0 Å². The van der Waals surface area contributed by atoms with Crippen molar-refractivity contribution in [1.29, 1.82) is 0 Å². The second kappa shape index (κ2) is 5.09. The van der Waals surface area contributed by atoms with Crippen LogP contribution in [0.5, 0.6) is 0 Å². The minimum absolute atomic E-state index is 0.169. The van der Waals surface area contributed by atoms with Crippen LogP contribution < -0.4 is 5.32 Å². The van der Waals surface area contributed by atoms with E-state index in [-0.39, 0.29) is 6.04 Å². The lowest BCUT2D eigenvalue weighted by Gasteiger charge is -2.15. The Kier molecular flexibility index (Phi) is 3.53. The third kappa shape index (κ3) is 2.71. The van der Waals surface area contributed by atoms with Crippen LogP contribution >= 0.6 is 0 Å². The molecular weight excluding hydrogens is 218 g/mol. The Hall–Kier alpha value is -1.69. The van der Waals surface area contributed by atoms with E-state index in [1.165, 1.54) is 4.80 Å². The molecule has 0 amide bonds. The number of furan rings is 1. The number of nitrogens with one attached hydrogen (secondary N) is 1. The van der Waals surface area contributed by atoms with Gasteiger partial charge in [-0.05, 0) is 24.7 Å². The highest BCUT2D eigenvalue weighted by Gasteiger charge is 2.17. The molecule has 0 aromatic carbocycles. The minimum Gasteiger partial charge on any atom is -0.469 e. The van der Waals surface area contributed by atoms with E-state index in [2.05, 4.69) is 27.7 Å². The van der Waals surface area contributed by atoms with Crippen LogP contribution in [0.4, 0.5) is 0 Å². The van der Waals surface area contributed by atoms with Gasteiger partial charge in [0.2, 0.25) is 0 Å². The molecule has 1 N–H and O–H groups in total. The molecule has 0 bridgehead atoms. The maximum absolute atomic E-state index is 5.33. The molecule has 17 heavy (non-hydrogen) atoms. The van der Waals surface area contributed by atoms with Gasteiger partial charge in [0.15, 0.2) is 5.82 Å². The summed E-state index contributed by atoms with van der Waals surface area (Å²) in [5, 5.41) is 15.4. The Labute approximate surface area is 100 Å². The largest absolute Gasteiger partial charge is 0.469 e. The van der Waals surface area contributed by atoms with Crippen LogP contribution in [0, 0.1) is 6.92 Å². The zero-order valence-electron chi connectivity index (χ0n) is 10.3. The van der Waals surface area contributed by atoms with Crippen LogP contribution in [0.25, 0.3) is 0 Å². The van der Waals surface area contributed by atoms with Crippen LogP contribution in [0.2, 0.25) is 0 Å². The van der Waals surface area contributed by atoms with E-state index < -0.39 is 0 Å². The van der Waals surface area contributed by atoms with E-state index >= 15 is 0 Å². The van der Waals surface area contributed by atoms with Crippen molar-refractivity contribution in [3.63, 3.8) is 0 Å². The molecule has 2 aromatic heterocycles. The summed E-state index contributed by atoms with van der Waals surface area (Å²) in [7, 11) is 1.77. The topological polar surface area (TPSA) is 68.8 Å². The molecule has 6 nitrogen and oxygen atoms in total.